The van der Waals surface area contributed by atoms with Gasteiger partial charge in [-0.15, -0.1) is 16.4 Å². The zero-order valence-corrected chi connectivity index (χ0v) is 8.79. The van der Waals surface area contributed by atoms with Crippen molar-refractivity contribution < 1.29 is 8.81 Å². The summed E-state index contributed by atoms with van der Waals surface area (Å²) < 4.78 is 18.9. The van der Waals surface area contributed by atoms with Crippen molar-refractivity contribution in [2.75, 3.05) is 5.73 Å². The minimum Gasteiger partial charge on any atom is -0.403 e. The minimum atomic E-state index is -0.258. The van der Waals surface area contributed by atoms with E-state index in [0.717, 1.165) is 15.0 Å². The molecule has 0 saturated carbocycles. The maximum atomic E-state index is 13.0. The molecule has 0 amide bonds. The van der Waals surface area contributed by atoms with Crippen LogP contribution < -0.4 is 5.73 Å². The van der Waals surface area contributed by atoms with Gasteiger partial charge in [-0.2, -0.15) is 0 Å². The lowest BCUT2D eigenvalue weighted by Crippen LogP contribution is -1.81. The molecule has 0 aliphatic rings. The second-order valence-electron chi connectivity index (χ2n) is 3.24. The largest absolute Gasteiger partial charge is 0.403 e. The molecular formula is C10H6FN3OS. The van der Waals surface area contributed by atoms with E-state index in [1.165, 1.54) is 23.5 Å². The monoisotopic (exact) mass is 235 g/mol. The molecule has 3 aromatic rings. The van der Waals surface area contributed by atoms with Crippen molar-refractivity contribution in [3.05, 3.63) is 30.1 Å². The van der Waals surface area contributed by atoms with Crippen molar-refractivity contribution in [2.45, 2.75) is 0 Å². The number of thiophene rings is 1. The van der Waals surface area contributed by atoms with Gasteiger partial charge in [0.25, 0.3) is 5.89 Å². The maximum Gasteiger partial charge on any atom is 0.313 e. The van der Waals surface area contributed by atoms with Gasteiger partial charge >= 0.3 is 6.01 Å². The van der Waals surface area contributed by atoms with Crippen LogP contribution >= 0.6 is 11.3 Å². The fourth-order valence-corrected chi connectivity index (χ4v) is 2.45. The number of fused-ring (bicyclic) bond motifs is 1. The number of benzene rings is 1. The maximum absolute atomic E-state index is 13.0. The van der Waals surface area contributed by atoms with E-state index in [1.807, 2.05) is 6.07 Å². The van der Waals surface area contributed by atoms with E-state index < -0.39 is 0 Å². The molecule has 4 nitrogen and oxygen atoms in total. The van der Waals surface area contributed by atoms with Crippen LogP contribution in [0.1, 0.15) is 0 Å². The molecule has 0 radical (unpaired) electrons. The molecule has 80 valence electrons. The topological polar surface area (TPSA) is 64.9 Å². The van der Waals surface area contributed by atoms with Crippen molar-refractivity contribution in [2.24, 2.45) is 0 Å². The molecule has 0 aliphatic heterocycles. The molecule has 0 bridgehead atoms. The fraction of sp³-hybridized carbons (Fsp3) is 0. The van der Waals surface area contributed by atoms with Crippen molar-refractivity contribution in [3.8, 4) is 10.8 Å². The highest BCUT2D eigenvalue weighted by atomic mass is 32.1. The van der Waals surface area contributed by atoms with E-state index in [4.69, 9.17) is 10.2 Å². The van der Waals surface area contributed by atoms with Crippen LogP contribution in [0.25, 0.3) is 20.9 Å². The Labute approximate surface area is 93.5 Å². The normalized spacial score (nSPS) is 11.1. The second-order valence-corrected chi connectivity index (χ2v) is 4.32. The molecule has 0 aliphatic carbocycles. The van der Waals surface area contributed by atoms with Gasteiger partial charge < -0.3 is 10.2 Å². The lowest BCUT2D eigenvalue weighted by atomic mass is 10.2. The Balaban J connectivity index is 2.18. The third kappa shape index (κ3) is 1.43. The molecule has 2 aromatic heterocycles. The van der Waals surface area contributed by atoms with Gasteiger partial charge in [0.1, 0.15) is 5.82 Å². The summed E-state index contributed by atoms with van der Waals surface area (Å²) in [5.41, 5.74) is 5.34. The Morgan fingerprint density at radius 2 is 2.12 bits per heavy atom. The molecule has 2 N–H and O–H groups in total. The van der Waals surface area contributed by atoms with Gasteiger partial charge in [0.15, 0.2) is 0 Å². The van der Waals surface area contributed by atoms with Crippen molar-refractivity contribution in [1.29, 1.82) is 0 Å². The summed E-state index contributed by atoms with van der Waals surface area (Å²) in [6.07, 6.45) is 0. The molecule has 0 fully saturated rings. The molecule has 3 rings (SSSR count). The molecule has 2 heterocycles. The predicted molar refractivity (Wildman–Crippen MR) is 59.5 cm³/mol. The summed E-state index contributed by atoms with van der Waals surface area (Å²) in [5.74, 6) is 0.102. The SMILES string of the molecule is Nc1nnc(-c2cc3ccc(F)cc3s2)o1. The van der Waals surface area contributed by atoms with Crippen LogP contribution in [-0.2, 0) is 0 Å². The summed E-state index contributed by atoms with van der Waals surface area (Å²) >= 11 is 1.39. The van der Waals surface area contributed by atoms with Gasteiger partial charge in [-0.25, -0.2) is 4.39 Å². The van der Waals surface area contributed by atoms with E-state index in [9.17, 15) is 4.39 Å². The molecule has 16 heavy (non-hydrogen) atoms. The van der Waals surface area contributed by atoms with Crippen LogP contribution in [0.3, 0.4) is 0 Å². The third-order valence-electron chi connectivity index (χ3n) is 2.13. The third-order valence-corrected chi connectivity index (χ3v) is 3.22. The highest BCUT2D eigenvalue weighted by Gasteiger charge is 2.10. The number of hydrogen-bond acceptors (Lipinski definition) is 5. The average Bonchev–Trinajstić information content (AvgIpc) is 2.83. The van der Waals surface area contributed by atoms with Crippen LogP contribution in [0.5, 0.6) is 0 Å². The lowest BCUT2D eigenvalue weighted by molar-refractivity contribution is 0.592. The zero-order valence-electron chi connectivity index (χ0n) is 7.98. The number of hydrogen-bond donors (Lipinski definition) is 1. The average molecular weight is 235 g/mol. The predicted octanol–water partition coefficient (Wildman–Crippen LogP) is 2.67. The fourth-order valence-electron chi connectivity index (χ4n) is 1.44. The van der Waals surface area contributed by atoms with Gasteiger partial charge in [-0.3, -0.25) is 0 Å². The van der Waals surface area contributed by atoms with Crippen LogP contribution in [0.4, 0.5) is 10.4 Å². The van der Waals surface area contributed by atoms with Crippen molar-refractivity contribution >= 4 is 27.4 Å². The second kappa shape index (κ2) is 3.28. The molecule has 6 heteroatoms. The van der Waals surface area contributed by atoms with Crippen LogP contribution in [0, 0.1) is 5.82 Å². The summed E-state index contributed by atoms with van der Waals surface area (Å²) in [4.78, 5) is 0.782. The smallest absolute Gasteiger partial charge is 0.313 e. The standard InChI is InChI=1S/C10H6FN3OS/c11-6-2-1-5-3-8(16-7(5)4-6)9-13-14-10(12)15-9/h1-4H,(H2,12,14). The number of halogens is 1. The summed E-state index contributed by atoms with van der Waals surface area (Å²) in [6.45, 7) is 0. The van der Waals surface area contributed by atoms with E-state index in [0.29, 0.717) is 5.89 Å². The van der Waals surface area contributed by atoms with E-state index in [-0.39, 0.29) is 11.8 Å². The Morgan fingerprint density at radius 3 is 2.88 bits per heavy atom. The minimum absolute atomic E-state index is 0.0265. The van der Waals surface area contributed by atoms with Crippen LogP contribution in [0.15, 0.2) is 28.7 Å². The summed E-state index contributed by atoms with van der Waals surface area (Å²) in [7, 11) is 0. The molecule has 0 atom stereocenters. The first-order valence-electron chi connectivity index (χ1n) is 4.51. The van der Waals surface area contributed by atoms with Gasteiger partial charge in [0, 0.05) is 4.70 Å². The number of nitrogen functional groups attached to an aromatic ring is 1. The molecular weight excluding hydrogens is 229 g/mol. The Kier molecular flexibility index (Phi) is 1.90. The van der Waals surface area contributed by atoms with Gasteiger partial charge in [-0.1, -0.05) is 11.2 Å². The van der Waals surface area contributed by atoms with Crippen LogP contribution in [0.2, 0.25) is 0 Å². The number of aromatic nitrogens is 2. The highest BCUT2D eigenvalue weighted by Crippen LogP contribution is 2.33. The number of nitrogens with two attached hydrogens (primary N) is 1. The first-order valence-corrected chi connectivity index (χ1v) is 5.32. The van der Waals surface area contributed by atoms with Crippen molar-refractivity contribution in [3.63, 3.8) is 0 Å². The Hall–Kier alpha value is -1.95. The molecule has 1 aromatic carbocycles. The first kappa shape index (κ1) is 9.29. The first-order chi connectivity index (χ1) is 7.72. The van der Waals surface area contributed by atoms with Gasteiger partial charge in [0.05, 0.1) is 4.88 Å². The quantitative estimate of drug-likeness (QED) is 0.704. The molecule has 0 saturated heterocycles. The van der Waals surface area contributed by atoms with Gasteiger partial charge in [-0.05, 0) is 23.6 Å². The highest BCUT2D eigenvalue weighted by molar-refractivity contribution is 7.22. The van der Waals surface area contributed by atoms with E-state index in [2.05, 4.69) is 10.2 Å². The number of anilines is 1. The zero-order chi connectivity index (χ0) is 11.1. The molecule has 0 unspecified atom stereocenters. The Morgan fingerprint density at radius 1 is 1.25 bits per heavy atom. The summed E-state index contributed by atoms with van der Waals surface area (Å²) in [6, 6.07) is 6.50. The molecule has 0 spiro atoms. The van der Waals surface area contributed by atoms with Crippen molar-refractivity contribution in [1.82, 2.24) is 10.2 Å². The van der Waals surface area contributed by atoms with Crippen LogP contribution in [-0.4, -0.2) is 10.2 Å². The number of rotatable bonds is 1. The van der Waals surface area contributed by atoms with E-state index >= 15 is 0 Å². The van der Waals surface area contributed by atoms with E-state index in [1.54, 1.807) is 6.07 Å². The van der Waals surface area contributed by atoms with Gasteiger partial charge in [0.2, 0.25) is 0 Å². The number of nitrogens with zero attached hydrogens (tertiary/aromatic N) is 2. The summed E-state index contributed by atoms with van der Waals surface area (Å²) in [5, 5.41) is 8.30. The Bertz CT molecular complexity index is 661. The lowest BCUT2D eigenvalue weighted by Gasteiger charge is -1.86.